The first-order valence-electron chi connectivity index (χ1n) is 4.93. The smallest absolute Gasteiger partial charge is 0.126 e. The summed E-state index contributed by atoms with van der Waals surface area (Å²) < 4.78 is 14.5. The number of benzene rings is 1. The van der Waals surface area contributed by atoms with Crippen molar-refractivity contribution >= 4 is 15.9 Å². The normalized spacial score (nSPS) is 13.9. The topological polar surface area (TPSA) is 0 Å². The molecular weight excluding hydrogens is 255 g/mol. The molecule has 1 rings (SSSR count). The first kappa shape index (κ1) is 12.3. The van der Waals surface area contributed by atoms with Crippen LogP contribution in [0, 0.1) is 23.6 Å². The van der Waals surface area contributed by atoms with Gasteiger partial charge in [0.15, 0.2) is 0 Å². The summed E-state index contributed by atoms with van der Waals surface area (Å²) in [5.41, 5.74) is 0.722. The second-order valence-electron chi connectivity index (χ2n) is 3.64. The molecule has 0 aliphatic carbocycles. The second kappa shape index (κ2) is 5.32. The lowest BCUT2D eigenvalue weighted by Crippen LogP contribution is -2.06. The predicted molar refractivity (Wildman–Crippen MR) is 65.1 cm³/mol. The van der Waals surface area contributed by atoms with Gasteiger partial charge in [-0.15, -0.1) is 5.92 Å². The molecule has 0 saturated carbocycles. The lowest BCUT2D eigenvalue weighted by molar-refractivity contribution is 0.545. The van der Waals surface area contributed by atoms with Crippen molar-refractivity contribution in [2.75, 3.05) is 0 Å². The van der Waals surface area contributed by atoms with Crippen LogP contribution in [0.2, 0.25) is 0 Å². The van der Waals surface area contributed by atoms with E-state index < -0.39 is 0 Å². The van der Waals surface area contributed by atoms with Crippen molar-refractivity contribution in [3.63, 3.8) is 0 Å². The maximum absolute atomic E-state index is 13.6. The zero-order valence-electron chi connectivity index (χ0n) is 9.14. The predicted octanol–water partition coefficient (Wildman–Crippen LogP) is 4.35. The van der Waals surface area contributed by atoms with Crippen LogP contribution in [0.25, 0.3) is 0 Å². The summed E-state index contributed by atoms with van der Waals surface area (Å²) in [4.78, 5) is 0. The number of hydrogen-bond donors (Lipinski definition) is 0. The molecule has 0 nitrogen and oxygen atoms in total. The van der Waals surface area contributed by atoms with E-state index in [2.05, 4.69) is 27.8 Å². The van der Waals surface area contributed by atoms with E-state index in [4.69, 9.17) is 0 Å². The van der Waals surface area contributed by atoms with Crippen LogP contribution < -0.4 is 0 Å². The van der Waals surface area contributed by atoms with Gasteiger partial charge < -0.3 is 0 Å². The second-order valence-corrected chi connectivity index (χ2v) is 4.55. The molecule has 15 heavy (non-hydrogen) atoms. The molecule has 0 heterocycles. The van der Waals surface area contributed by atoms with Crippen LogP contribution in [0.4, 0.5) is 4.39 Å². The van der Waals surface area contributed by atoms with Gasteiger partial charge in [-0.3, -0.25) is 0 Å². The Morgan fingerprint density at radius 2 is 2.00 bits per heavy atom. The molecule has 0 aliphatic rings. The molecule has 1 aromatic carbocycles. The Kier molecular flexibility index (Phi) is 4.35. The van der Waals surface area contributed by atoms with E-state index in [0.717, 1.165) is 10.0 Å². The van der Waals surface area contributed by atoms with E-state index in [9.17, 15) is 4.39 Å². The van der Waals surface area contributed by atoms with Gasteiger partial charge in [-0.1, -0.05) is 35.7 Å². The van der Waals surface area contributed by atoms with Gasteiger partial charge >= 0.3 is 0 Å². The molecule has 0 fully saturated rings. The third kappa shape index (κ3) is 3.07. The summed E-state index contributed by atoms with van der Waals surface area (Å²) in [6.07, 6.45) is 0. The van der Waals surface area contributed by atoms with E-state index in [1.807, 2.05) is 19.9 Å². The summed E-state index contributed by atoms with van der Waals surface area (Å²) in [7, 11) is 0. The summed E-state index contributed by atoms with van der Waals surface area (Å²) in [5.74, 6) is 6.04. The first-order chi connectivity index (χ1) is 7.06. The van der Waals surface area contributed by atoms with Crippen molar-refractivity contribution in [3.05, 3.63) is 34.1 Å². The molecule has 80 valence electrons. The summed E-state index contributed by atoms with van der Waals surface area (Å²) in [6.45, 7) is 5.82. The first-order valence-corrected chi connectivity index (χ1v) is 5.72. The van der Waals surface area contributed by atoms with Gasteiger partial charge in [-0.25, -0.2) is 4.39 Å². The summed E-state index contributed by atoms with van der Waals surface area (Å²) in [6, 6.07) is 5.03. The zero-order valence-corrected chi connectivity index (χ0v) is 10.7. The number of hydrogen-bond acceptors (Lipinski definition) is 0. The highest BCUT2D eigenvalue weighted by Gasteiger charge is 2.16. The largest absolute Gasteiger partial charge is 0.207 e. The Balaban J connectivity index is 3.02. The fraction of sp³-hybridized carbons (Fsp3) is 0.385. The fourth-order valence-corrected chi connectivity index (χ4v) is 1.86. The average Bonchev–Trinajstić information content (AvgIpc) is 2.21. The molecule has 1 aromatic rings. The van der Waals surface area contributed by atoms with Gasteiger partial charge in [-0.05, 0) is 36.6 Å². The van der Waals surface area contributed by atoms with Gasteiger partial charge in [0, 0.05) is 10.4 Å². The molecule has 0 spiro atoms. The van der Waals surface area contributed by atoms with Crippen LogP contribution in [0.3, 0.4) is 0 Å². The van der Waals surface area contributed by atoms with Gasteiger partial charge in [-0.2, -0.15) is 0 Å². The van der Waals surface area contributed by atoms with Gasteiger partial charge in [0.2, 0.25) is 0 Å². The molecule has 0 saturated heterocycles. The lowest BCUT2D eigenvalue weighted by atomic mass is 9.89. The zero-order chi connectivity index (χ0) is 11.4. The third-order valence-electron chi connectivity index (χ3n) is 2.57. The van der Waals surface area contributed by atoms with E-state index >= 15 is 0 Å². The van der Waals surface area contributed by atoms with Crippen LogP contribution in [0.1, 0.15) is 32.3 Å². The maximum Gasteiger partial charge on any atom is 0.126 e. The Hall–Kier alpha value is -0.810. The Bertz CT molecular complexity index is 401. The molecule has 0 bridgehead atoms. The molecule has 2 heteroatoms. The van der Waals surface area contributed by atoms with E-state index in [0.29, 0.717) is 0 Å². The van der Waals surface area contributed by atoms with E-state index in [-0.39, 0.29) is 17.7 Å². The van der Waals surface area contributed by atoms with Crippen molar-refractivity contribution in [2.45, 2.75) is 26.7 Å². The minimum absolute atomic E-state index is 0.106. The van der Waals surface area contributed by atoms with Crippen LogP contribution in [-0.4, -0.2) is 0 Å². The van der Waals surface area contributed by atoms with Crippen molar-refractivity contribution in [1.82, 2.24) is 0 Å². The van der Waals surface area contributed by atoms with Crippen molar-refractivity contribution < 1.29 is 4.39 Å². The molecule has 2 atom stereocenters. The molecular formula is C13H14BrF. The average molecular weight is 269 g/mol. The SMILES string of the molecule is CC#CC(C)C(C)c1cc(Br)ccc1F. The minimum atomic E-state index is -0.157. The fourth-order valence-electron chi connectivity index (χ4n) is 1.49. The highest BCUT2D eigenvalue weighted by atomic mass is 79.9. The van der Waals surface area contributed by atoms with Gasteiger partial charge in [0.1, 0.15) is 5.82 Å². The standard InChI is InChI=1S/C13H14BrF/c1-4-5-9(2)10(3)12-8-11(14)6-7-13(12)15/h6-10H,1-3H3. The van der Waals surface area contributed by atoms with Crippen LogP contribution in [-0.2, 0) is 0 Å². The molecule has 2 unspecified atom stereocenters. The lowest BCUT2D eigenvalue weighted by Gasteiger charge is -2.16. The monoisotopic (exact) mass is 268 g/mol. The summed E-state index contributed by atoms with van der Waals surface area (Å²) in [5, 5.41) is 0. The molecule has 0 amide bonds. The van der Waals surface area contributed by atoms with Crippen LogP contribution >= 0.6 is 15.9 Å². The molecule has 0 aliphatic heterocycles. The number of rotatable bonds is 2. The third-order valence-corrected chi connectivity index (χ3v) is 3.06. The van der Waals surface area contributed by atoms with Crippen LogP contribution in [0.15, 0.2) is 22.7 Å². The van der Waals surface area contributed by atoms with Gasteiger partial charge in [0.05, 0.1) is 0 Å². The molecule has 0 N–H and O–H groups in total. The Morgan fingerprint density at radius 1 is 1.33 bits per heavy atom. The minimum Gasteiger partial charge on any atom is -0.207 e. The van der Waals surface area contributed by atoms with E-state index in [1.165, 1.54) is 6.07 Å². The van der Waals surface area contributed by atoms with Crippen LogP contribution in [0.5, 0.6) is 0 Å². The quantitative estimate of drug-likeness (QED) is 0.700. The molecule has 0 radical (unpaired) electrons. The molecule has 0 aromatic heterocycles. The van der Waals surface area contributed by atoms with E-state index in [1.54, 1.807) is 13.0 Å². The summed E-state index contributed by atoms with van der Waals surface area (Å²) >= 11 is 3.35. The van der Waals surface area contributed by atoms with Crippen molar-refractivity contribution in [2.24, 2.45) is 5.92 Å². The maximum atomic E-state index is 13.6. The number of halogens is 2. The van der Waals surface area contributed by atoms with Gasteiger partial charge in [0.25, 0.3) is 0 Å². The van der Waals surface area contributed by atoms with Crippen molar-refractivity contribution in [3.8, 4) is 11.8 Å². The Labute approximate surface area is 99.0 Å². The highest BCUT2D eigenvalue weighted by Crippen LogP contribution is 2.28. The Morgan fingerprint density at radius 3 is 2.60 bits per heavy atom. The van der Waals surface area contributed by atoms with Crippen molar-refractivity contribution in [1.29, 1.82) is 0 Å². The highest BCUT2D eigenvalue weighted by molar-refractivity contribution is 9.10.